The van der Waals surface area contributed by atoms with Crippen LogP contribution in [0.4, 0.5) is 4.39 Å². The first-order valence-corrected chi connectivity index (χ1v) is 10.3. The molecular weight excluding hydrogens is 441 g/mol. The molecule has 1 unspecified atom stereocenters. The minimum Gasteiger partial charge on any atom is -0.454 e. The number of benzene rings is 1. The molecule has 0 amide bonds. The molecule has 3 rings (SSSR count). The molecule has 7 heteroatoms. The fraction of sp³-hybridized carbons (Fsp3) is 0.364. The summed E-state index contributed by atoms with van der Waals surface area (Å²) in [5.74, 6) is -1.43. The quantitative estimate of drug-likeness (QED) is 0.341. The van der Waals surface area contributed by atoms with E-state index in [-0.39, 0.29) is 24.1 Å². The van der Waals surface area contributed by atoms with Crippen LogP contribution in [0.3, 0.4) is 0 Å². The van der Waals surface area contributed by atoms with Crippen LogP contribution in [0.15, 0.2) is 34.8 Å². The van der Waals surface area contributed by atoms with Gasteiger partial charge in [0.05, 0.1) is 6.10 Å². The van der Waals surface area contributed by atoms with Crippen LogP contribution >= 0.6 is 15.9 Å². The number of carbonyl (C=O) groups is 2. The maximum absolute atomic E-state index is 13.7. The minimum absolute atomic E-state index is 0.170. The van der Waals surface area contributed by atoms with E-state index >= 15 is 0 Å². The Kier molecular flexibility index (Phi) is 7.03. The molecule has 154 valence electrons. The third-order valence-electron chi connectivity index (χ3n) is 4.99. The number of hydrogen-bond donors (Lipinski definition) is 0. The van der Waals surface area contributed by atoms with Gasteiger partial charge < -0.3 is 14.0 Å². The van der Waals surface area contributed by atoms with Crippen molar-refractivity contribution in [3.8, 4) is 0 Å². The number of aryl methyl sites for hydroxylation is 1. The van der Waals surface area contributed by atoms with Gasteiger partial charge in [0, 0.05) is 46.2 Å². The third kappa shape index (κ3) is 5.42. The lowest BCUT2D eigenvalue weighted by atomic mass is 10.1. The van der Waals surface area contributed by atoms with E-state index in [1.54, 1.807) is 12.1 Å². The van der Waals surface area contributed by atoms with E-state index in [1.165, 1.54) is 12.1 Å². The lowest BCUT2D eigenvalue weighted by Crippen LogP contribution is -2.18. The molecule has 1 atom stereocenters. The predicted octanol–water partition coefficient (Wildman–Crippen LogP) is 4.62. The molecule has 29 heavy (non-hydrogen) atoms. The van der Waals surface area contributed by atoms with Gasteiger partial charge in [-0.15, -0.1) is 0 Å². The summed E-state index contributed by atoms with van der Waals surface area (Å²) in [4.78, 5) is 24.5. The molecule has 1 fully saturated rings. The minimum atomic E-state index is -0.703. The molecule has 0 N–H and O–H groups in total. The van der Waals surface area contributed by atoms with Crippen molar-refractivity contribution in [1.82, 2.24) is 4.57 Å². The van der Waals surface area contributed by atoms with Crippen molar-refractivity contribution >= 4 is 33.8 Å². The molecule has 0 radical (unpaired) electrons. The first-order chi connectivity index (χ1) is 13.8. The van der Waals surface area contributed by atoms with Gasteiger partial charge in [-0.2, -0.15) is 0 Å². The average Bonchev–Trinajstić information content (AvgIpc) is 3.30. The van der Waals surface area contributed by atoms with Crippen LogP contribution < -0.4 is 0 Å². The number of ether oxygens (including phenoxy) is 2. The summed E-state index contributed by atoms with van der Waals surface area (Å²) in [5.41, 5.74) is 2.60. The Morgan fingerprint density at radius 1 is 1.34 bits per heavy atom. The Hall–Kier alpha value is -2.25. The van der Waals surface area contributed by atoms with Gasteiger partial charge in [0.25, 0.3) is 0 Å². The maximum atomic E-state index is 13.7. The van der Waals surface area contributed by atoms with Crippen molar-refractivity contribution in [2.45, 2.75) is 39.3 Å². The third-order valence-corrected chi connectivity index (χ3v) is 5.48. The predicted molar refractivity (Wildman–Crippen MR) is 111 cm³/mol. The normalized spacial score (nSPS) is 16.5. The van der Waals surface area contributed by atoms with Crippen LogP contribution in [-0.4, -0.2) is 35.6 Å². The summed E-state index contributed by atoms with van der Waals surface area (Å²) in [7, 11) is 0. The number of carbonyl (C=O) groups excluding carboxylic acids is 2. The zero-order valence-electron chi connectivity index (χ0n) is 16.4. The molecule has 0 bridgehead atoms. The molecule has 0 aliphatic carbocycles. The van der Waals surface area contributed by atoms with Crippen LogP contribution in [0.25, 0.3) is 6.08 Å². The molecule has 2 aromatic rings. The number of nitrogens with zero attached hydrogens (tertiary/aromatic N) is 1. The van der Waals surface area contributed by atoms with Gasteiger partial charge in [-0.1, -0.05) is 15.9 Å². The summed E-state index contributed by atoms with van der Waals surface area (Å²) in [5, 5.41) is 0. The highest BCUT2D eigenvalue weighted by atomic mass is 79.9. The average molecular weight is 464 g/mol. The van der Waals surface area contributed by atoms with E-state index in [0.29, 0.717) is 16.6 Å². The highest BCUT2D eigenvalue weighted by Crippen LogP contribution is 2.21. The van der Waals surface area contributed by atoms with E-state index in [0.717, 1.165) is 36.9 Å². The molecular formula is C22H23BrFNO4. The van der Waals surface area contributed by atoms with Crippen LogP contribution in [0.2, 0.25) is 0 Å². The number of halogens is 2. The first kappa shape index (κ1) is 21.5. The van der Waals surface area contributed by atoms with E-state index < -0.39 is 11.8 Å². The molecule has 1 aromatic carbocycles. The number of aromatic nitrogens is 1. The Morgan fingerprint density at radius 2 is 2.14 bits per heavy atom. The fourth-order valence-electron chi connectivity index (χ4n) is 3.42. The van der Waals surface area contributed by atoms with Crippen LogP contribution in [-0.2, 0) is 20.8 Å². The van der Waals surface area contributed by atoms with E-state index in [9.17, 15) is 14.0 Å². The molecule has 1 saturated heterocycles. The van der Waals surface area contributed by atoms with Gasteiger partial charge in [-0.25, -0.2) is 9.18 Å². The summed E-state index contributed by atoms with van der Waals surface area (Å²) in [6.45, 7) is 4.95. The Labute approximate surface area is 177 Å². The molecule has 0 saturated carbocycles. The summed E-state index contributed by atoms with van der Waals surface area (Å²) >= 11 is 3.25. The SMILES string of the molecule is Cc1cc(C(=O)COC(=O)/C=C/c2cc(Br)ccc2F)c(C)n1CC1CCCO1. The fourth-order valence-corrected chi connectivity index (χ4v) is 3.80. The number of hydrogen-bond acceptors (Lipinski definition) is 4. The monoisotopic (exact) mass is 463 g/mol. The van der Waals surface area contributed by atoms with Crippen molar-refractivity contribution in [2.24, 2.45) is 0 Å². The lowest BCUT2D eigenvalue weighted by molar-refractivity contribution is -0.136. The van der Waals surface area contributed by atoms with Crippen molar-refractivity contribution in [3.05, 3.63) is 63.1 Å². The largest absolute Gasteiger partial charge is 0.454 e. The van der Waals surface area contributed by atoms with Crippen molar-refractivity contribution in [2.75, 3.05) is 13.2 Å². The molecule has 1 aromatic heterocycles. The standard InChI is InChI=1S/C22H23BrFNO4/c1-14-10-19(15(2)25(14)12-18-4-3-9-28-18)21(26)13-29-22(27)8-5-16-11-17(23)6-7-20(16)24/h5-8,10-11,18H,3-4,9,12-13H2,1-2H3/b8-5+. The molecule has 2 heterocycles. The van der Waals surface area contributed by atoms with Crippen molar-refractivity contribution in [3.63, 3.8) is 0 Å². The first-order valence-electron chi connectivity index (χ1n) is 9.46. The Bertz CT molecular complexity index is 945. The van der Waals surface area contributed by atoms with Gasteiger partial charge in [0.2, 0.25) is 5.78 Å². The highest BCUT2D eigenvalue weighted by molar-refractivity contribution is 9.10. The topological polar surface area (TPSA) is 57.5 Å². The highest BCUT2D eigenvalue weighted by Gasteiger charge is 2.21. The molecule has 1 aliphatic rings. The Morgan fingerprint density at radius 3 is 2.86 bits per heavy atom. The molecule has 0 spiro atoms. The van der Waals surface area contributed by atoms with Crippen molar-refractivity contribution in [1.29, 1.82) is 0 Å². The van der Waals surface area contributed by atoms with Crippen LogP contribution in [0.5, 0.6) is 0 Å². The maximum Gasteiger partial charge on any atom is 0.331 e. The number of esters is 1. The van der Waals surface area contributed by atoms with Gasteiger partial charge in [-0.05, 0) is 57.0 Å². The molecule has 5 nitrogen and oxygen atoms in total. The number of ketones is 1. The van der Waals surface area contributed by atoms with Crippen molar-refractivity contribution < 1.29 is 23.5 Å². The summed E-state index contributed by atoms with van der Waals surface area (Å²) < 4.78 is 27.2. The Balaban J connectivity index is 1.59. The van der Waals surface area contributed by atoms with Gasteiger partial charge in [-0.3, -0.25) is 4.79 Å². The zero-order valence-corrected chi connectivity index (χ0v) is 18.0. The lowest BCUT2D eigenvalue weighted by Gasteiger charge is -2.14. The molecule has 1 aliphatic heterocycles. The van der Waals surface area contributed by atoms with Gasteiger partial charge in [0.15, 0.2) is 6.61 Å². The summed E-state index contributed by atoms with van der Waals surface area (Å²) in [6.07, 6.45) is 4.68. The van der Waals surface area contributed by atoms with E-state index in [4.69, 9.17) is 9.47 Å². The number of rotatable bonds is 7. The van der Waals surface area contributed by atoms with E-state index in [2.05, 4.69) is 20.5 Å². The van der Waals surface area contributed by atoms with Crippen LogP contribution in [0, 0.1) is 19.7 Å². The second kappa shape index (κ2) is 9.50. The van der Waals surface area contributed by atoms with Gasteiger partial charge in [0.1, 0.15) is 5.82 Å². The van der Waals surface area contributed by atoms with Crippen LogP contribution in [0.1, 0.15) is 40.2 Å². The zero-order chi connectivity index (χ0) is 21.0. The second-order valence-electron chi connectivity index (χ2n) is 7.06. The number of Topliss-reactive ketones (excluding diaryl/α,β-unsaturated/α-hetero) is 1. The smallest absolute Gasteiger partial charge is 0.331 e. The van der Waals surface area contributed by atoms with E-state index in [1.807, 2.05) is 19.9 Å². The second-order valence-corrected chi connectivity index (χ2v) is 7.98. The van der Waals surface area contributed by atoms with Gasteiger partial charge >= 0.3 is 5.97 Å². The summed E-state index contributed by atoms with van der Waals surface area (Å²) in [6, 6.07) is 6.23.